The minimum atomic E-state index is -0.690. The lowest BCUT2D eigenvalue weighted by Gasteiger charge is -2.46. The molecule has 0 bridgehead atoms. The van der Waals surface area contributed by atoms with Gasteiger partial charge in [-0.25, -0.2) is 0 Å². The first-order chi connectivity index (χ1) is 27.8. The molecule has 1 spiro atoms. The quantitative estimate of drug-likeness (QED) is 0.135. The number of aromatic nitrogens is 1. The maximum atomic E-state index is 7.18. The van der Waals surface area contributed by atoms with Crippen molar-refractivity contribution in [3.05, 3.63) is 192 Å². The molecule has 0 amide bonds. The number of nitrogens with zero attached hydrogens (tertiary/aromatic N) is 1. The van der Waals surface area contributed by atoms with Crippen LogP contribution in [0.3, 0.4) is 0 Å². The predicted octanol–water partition coefficient (Wildman–Crippen LogP) is 10.6. The van der Waals surface area contributed by atoms with E-state index in [0.717, 1.165) is 51.2 Å². The van der Waals surface area contributed by atoms with Crippen LogP contribution in [-0.4, -0.2) is 11.3 Å². The zero-order chi connectivity index (χ0) is 36.3. The molecule has 3 aliphatic heterocycles. The molecule has 0 N–H and O–H groups in total. The maximum Gasteiger partial charge on any atom is 0.261 e. The Hall–Kier alpha value is -7.24. The highest BCUT2D eigenvalue weighted by molar-refractivity contribution is 6.99. The first-order valence-corrected chi connectivity index (χ1v) is 19.3. The fourth-order valence-corrected chi connectivity index (χ4v) is 10.9. The zero-order valence-electron chi connectivity index (χ0n) is 29.9. The van der Waals surface area contributed by atoms with E-state index >= 15 is 0 Å². The van der Waals surface area contributed by atoms with Gasteiger partial charge in [0.2, 0.25) is 0 Å². The van der Waals surface area contributed by atoms with Crippen molar-refractivity contribution in [1.82, 2.24) is 4.57 Å². The second-order valence-electron chi connectivity index (χ2n) is 15.5. The smallest absolute Gasteiger partial charge is 0.261 e. The second-order valence-corrected chi connectivity index (χ2v) is 15.5. The van der Waals surface area contributed by atoms with Crippen molar-refractivity contribution in [3.63, 3.8) is 0 Å². The fourth-order valence-electron chi connectivity index (χ4n) is 10.9. The number of ether oxygens (including phenoxy) is 3. The summed E-state index contributed by atoms with van der Waals surface area (Å²) in [5.41, 5.74) is 11.2. The third-order valence-electron chi connectivity index (χ3n) is 12.9. The van der Waals surface area contributed by atoms with Gasteiger partial charge in [-0.05, 0) is 116 Å². The molecular formula is C51H28BNO3. The van der Waals surface area contributed by atoms with Crippen LogP contribution in [0.4, 0.5) is 0 Å². The molecule has 56 heavy (non-hydrogen) atoms. The van der Waals surface area contributed by atoms with Crippen LogP contribution in [0.15, 0.2) is 170 Å². The van der Waals surface area contributed by atoms with Crippen molar-refractivity contribution in [2.45, 2.75) is 5.41 Å². The number of benzene rings is 9. The lowest BCUT2D eigenvalue weighted by atomic mass is 9.29. The van der Waals surface area contributed by atoms with Crippen molar-refractivity contribution in [1.29, 1.82) is 0 Å². The van der Waals surface area contributed by atoms with Gasteiger partial charge in [-0.15, -0.1) is 0 Å². The SMILES string of the molecule is c1cc2c3c(c1)Oc1cccc4c1B3c1c(cccc1C41c3cccc4ccc5ccc(Oc6ccc(-n7c8ccccc8c8ccccc87)cc6)c1c5c34)O2. The van der Waals surface area contributed by atoms with E-state index in [1.165, 1.54) is 71.0 Å². The van der Waals surface area contributed by atoms with Gasteiger partial charge in [0.15, 0.2) is 0 Å². The Bertz CT molecular complexity index is 3290. The first-order valence-electron chi connectivity index (χ1n) is 19.3. The average molecular weight is 714 g/mol. The van der Waals surface area contributed by atoms with Crippen molar-refractivity contribution < 1.29 is 14.2 Å². The van der Waals surface area contributed by atoms with Gasteiger partial charge in [0.05, 0.1) is 16.4 Å². The van der Waals surface area contributed by atoms with Crippen molar-refractivity contribution in [2.75, 3.05) is 0 Å². The molecule has 0 atom stereocenters. The van der Waals surface area contributed by atoms with Crippen LogP contribution in [0.25, 0.3) is 49.0 Å². The van der Waals surface area contributed by atoms with Crippen LogP contribution < -0.4 is 30.6 Å². The third kappa shape index (κ3) is 3.36. The summed E-state index contributed by atoms with van der Waals surface area (Å²) in [5.74, 6) is 5.15. The summed E-state index contributed by atoms with van der Waals surface area (Å²) in [6.07, 6.45) is 0. The molecule has 0 saturated carbocycles. The van der Waals surface area contributed by atoms with Gasteiger partial charge in [0.25, 0.3) is 6.71 Å². The minimum absolute atomic E-state index is 0.00777. The molecule has 1 aliphatic carbocycles. The Morgan fingerprint density at radius 1 is 0.446 bits per heavy atom. The van der Waals surface area contributed by atoms with Gasteiger partial charge >= 0.3 is 0 Å². The Kier molecular flexibility index (Phi) is 5.25. The Labute approximate surface area is 321 Å². The highest BCUT2D eigenvalue weighted by Gasteiger charge is 2.57. The molecule has 4 heterocycles. The van der Waals surface area contributed by atoms with E-state index in [1.807, 2.05) is 6.07 Å². The summed E-state index contributed by atoms with van der Waals surface area (Å²) in [7, 11) is 0. The summed E-state index contributed by atoms with van der Waals surface area (Å²) >= 11 is 0. The fraction of sp³-hybridized carbons (Fsp3) is 0.0196. The molecule has 0 radical (unpaired) electrons. The molecule has 258 valence electrons. The largest absolute Gasteiger partial charge is 0.458 e. The number of hydrogen-bond acceptors (Lipinski definition) is 3. The van der Waals surface area contributed by atoms with Gasteiger partial charge in [-0.1, -0.05) is 103 Å². The van der Waals surface area contributed by atoms with Crippen LogP contribution in [0.2, 0.25) is 0 Å². The third-order valence-corrected chi connectivity index (χ3v) is 12.9. The molecule has 0 saturated heterocycles. The van der Waals surface area contributed by atoms with Crippen LogP contribution in [0.5, 0.6) is 34.5 Å². The molecule has 5 heteroatoms. The molecule has 0 unspecified atom stereocenters. The van der Waals surface area contributed by atoms with E-state index in [0.29, 0.717) is 0 Å². The maximum absolute atomic E-state index is 7.18. The lowest BCUT2D eigenvalue weighted by molar-refractivity contribution is 0.458. The summed E-state index contributed by atoms with van der Waals surface area (Å²) < 4.78 is 23.1. The normalized spacial score (nSPS) is 14.5. The van der Waals surface area contributed by atoms with Crippen molar-refractivity contribution in [3.8, 4) is 40.2 Å². The number of para-hydroxylation sites is 2. The first kappa shape index (κ1) is 29.2. The summed E-state index contributed by atoms with van der Waals surface area (Å²) in [4.78, 5) is 0. The average Bonchev–Trinajstić information content (AvgIpc) is 3.75. The van der Waals surface area contributed by atoms with Gasteiger partial charge in [-0.2, -0.15) is 0 Å². The highest BCUT2D eigenvalue weighted by Crippen LogP contribution is 2.60. The molecular weight excluding hydrogens is 685 g/mol. The standard InChI is InChI=1S/C51H28BNO3/c1-3-15-38-33(10-1)34-11-2-4-16-39(34)53(38)31-24-26-32(27-25-31)54-40-28-23-30-22-21-29-9-5-12-35-45(29)46(30)47(40)51(35)36-13-6-17-41-48(36)52-49-37(51)14-7-18-42(49)56-44-20-8-19-43(55-41)50(44)52/h1-28H. The van der Waals surface area contributed by atoms with Crippen LogP contribution in [-0.2, 0) is 5.41 Å². The lowest BCUT2D eigenvalue weighted by Crippen LogP contribution is -2.65. The van der Waals surface area contributed by atoms with Crippen LogP contribution >= 0.6 is 0 Å². The van der Waals surface area contributed by atoms with E-state index in [1.54, 1.807) is 0 Å². The topological polar surface area (TPSA) is 32.6 Å². The van der Waals surface area contributed by atoms with E-state index in [2.05, 4.69) is 168 Å². The van der Waals surface area contributed by atoms with E-state index in [-0.39, 0.29) is 6.71 Å². The van der Waals surface area contributed by atoms with Gasteiger partial charge < -0.3 is 18.8 Å². The Balaban J connectivity index is 1.02. The van der Waals surface area contributed by atoms with Crippen LogP contribution in [0.1, 0.15) is 22.3 Å². The summed E-state index contributed by atoms with van der Waals surface area (Å²) in [5, 5.41) is 7.42. The molecule has 9 aromatic carbocycles. The van der Waals surface area contributed by atoms with Gasteiger partial charge in [0.1, 0.15) is 34.5 Å². The number of rotatable bonds is 3. The Morgan fingerprint density at radius 2 is 0.982 bits per heavy atom. The molecule has 4 aliphatic rings. The molecule has 1 aromatic heterocycles. The van der Waals surface area contributed by atoms with E-state index < -0.39 is 5.41 Å². The molecule has 4 nitrogen and oxygen atoms in total. The summed E-state index contributed by atoms with van der Waals surface area (Å²) in [6.45, 7) is -0.00777. The highest BCUT2D eigenvalue weighted by atomic mass is 16.5. The molecule has 10 aromatic rings. The molecule has 14 rings (SSSR count). The van der Waals surface area contributed by atoms with Crippen LogP contribution in [0, 0.1) is 0 Å². The zero-order valence-corrected chi connectivity index (χ0v) is 29.9. The van der Waals surface area contributed by atoms with Crippen molar-refractivity contribution >= 4 is 66.5 Å². The van der Waals surface area contributed by atoms with E-state index in [4.69, 9.17) is 14.2 Å². The minimum Gasteiger partial charge on any atom is -0.458 e. The summed E-state index contributed by atoms with van der Waals surface area (Å²) in [6, 6.07) is 60.9. The van der Waals surface area contributed by atoms with E-state index in [9.17, 15) is 0 Å². The predicted molar refractivity (Wildman–Crippen MR) is 225 cm³/mol. The monoisotopic (exact) mass is 713 g/mol. The number of hydrogen-bond donors (Lipinski definition) is 0. The second kappa shape index (κ2) is 10.1. The van der Waals surface area contributed by atoms with Gasteiger partial charge in [0, 0.05) is 27.5 Å². The number of fused-ring (bicyclic) bond motifs is 7. The van der Waals surface area contributed by atoms with Crippen molar-refractivity contribution in [2.24, 2.45) is 0 Å². The molecule has 0 fully saturated rings. The Morgan fingerprint density at radius 3 is 1.64 bits per heavy atom. The van der Waals surface area contributed by atoms with Gasteiger partial charge in [-0.3, -0.25) is 0 Å².